The van der Waals surface area contributed by atoms with Crippen LogP contribution >= 0.6 is 0 Å². The third-order valence-corrected chi connectivity index (χ3v) is 4.39. The Morgan fingerprint density at radius 1 is 1.13 bits per heavy atom. The summed E-state index contributed by atoms with van der Waals surface area (Å²) in [4.78, 5) is -0.0380. The predicted octanol–water partition coefficient (Wildman–Crippen LogP) is 3.10. The average molecular weight is 332 g/mol. The molecule has 0 saturated carbocycles. The fraction of sp³-hybridized carbons (Fsp3) is 0.0625. The molecule has 0 spiro atoms. The first-order valence-corrected chi connectivity index (χ1v) is 8.27. The summed E-state index contributed by atoms with van der Waals surface area (Å²) in [6.45, 7) is 1.66. The lowest BCUT2D eigenvalue weighted by Crippen LogP contribution is -2.13. The van der Waals surface area contributed by atoms with Crippen molar-refractivity contribution in [2.75, 3.05) is 0 Å². The number of hydrogen-bond acceptors (Lipinski definition) is 4. The first-order valence-electron chi connectivity index (χ1n) is 6.72. The zero-order valence-electron chi connectivity index (χ0n) is 12.2. The van der Waals surface area contributed by atoms with Gasteiger partial charge in [0.25, 0.3) is 0 Å². The number of rotatable bonds is 3. The highest BCUT2D eigenvalue weighted by Gasteiger charge is 2.23. The molecule has 0 unspecified atom stereocenters. The molecular weight excluding hydrogens is 319 g/mol. The Balaban J connectivity index is 2.30. The SMILES string of the molecule is Cc1onc(-c2cccc(F)c2)c1-c1ccccc1S(N)(=O)=O. The molecule has 23 heavy (non-hydrogen) atoms. The van der Waals surface area contributed by atoms with Crippen molar-refractivity contribution in [1.82, 2.24) is 5.16 Å². The molecule has 0 radical (unpaired) electrons. The van der Waals surface area contributed by atoms with Crippen molar-refractivity contribution in [1.29, 1.82) is 0 Å². The third-order valence-electron chi connectivity index (χ3n) is 3.42. The molecule has 2 aromatic carbocycles. The van der Waals surface area contributed by atoms with Gasteiger partial charge in [0, 0.05) is 11.1 Å². The molecule has 118 valence electrons. The van der Waals surface area contributed by atoms with Crippen molar-refractivity contribution in [2.24, 2.45) is 5.14 Å². The van der Waals surface area contributed by atoms with Gasteiger partial charge in [0.2, 0.25) is 10.0 Å². The van der Waals surface area contributed by atoms with Gasteiger partial charge in [-0.15, -0.1) is 0 Å². The largest absolute Gasteiger partial charge is 0.360 e. The van der Waals surface area contributed by atoms with Crippen LogP contribution in [0.3, 0.4) is 0 Å². The third kappa shape index (κ3) is 2.88. The van der Waals surface area contributed by atoms with E-state index in [0.717, 1.165) is 0 Å². The maximum absolute atomic E-state index is 13.5. The first kappa shape index (κ1) is 15.4. The minimum absolute atomic E-state index is 0.0380. The van der Waals surface area contributed by atoms with E-state index in [1.165, 1.54) is 18.2 Å². The van der Waals surface area contributed by atoms with Crippen molar-refractivity contribution in [3.63, 3.8) is 0 Å². The molecule has 2 N–H and O–H groups in total. The van der Waals surface area contributed by atoms with Crippen LogP contribution in [0.5, 0.6) is 0 Å². The van der Waals surface area contributed by atoms with Gasteiger partial charge in [-0.1, -0.05) is 35.5 Å². The first-order chi connectivity index (χ1) is 10.9. The van der Waals surface area contributed by atoms with Crippen LogP contribution in [-0.4, -0.2) is 13.6 Å². The summed E-state index contributed by atoms with van der Waals surface area (Å²) in [6, 6.07) is 12.1. The Labute approximate surface area is 132 Å². The molecular formula is C16H13FN2O3S. The maximum Gasteiger partial charge on any atom is 0.238 e. The van der Waals surface area contributed by atoms with E-state index in [1.807, 2.05) is 0 Å². The van der Waals surface area contributed by atoms with E-state index < -0.39 is 15.8 Å². The molecule has 7 heteroatoms. The molecule has 0 amide bonds. The van der Waals surface area contributed by atoms with E-state index >= 15 is 0 Å². The van der Waals surface area contributed by atoms with Crippen LogP contribution in [-0.2, 0) is 10.0 Å². The van der Waals surface area contributed by atoms with Crippen LogP contribution in [0.15, 0.2) is 57.9 Å². The van der Waals surface area contributed by atoms with Crippen molar-refractivity contribution < 1.29 is 17.3 Å². The summed E-state index contributed by atoms with van der Waals surface area (Å²) in [5.41, 5.74) is 1.69. The molecule has 0 bridgehead atoms. The van der Waals surface area contributed by atoms with Crippen LogP contribution in [0.1, 0.15) is 5.76 Å². The number of nitrogens with zero attached hydrogens (tertiary/aromatic N) is 1. The molecule has 0 aliphatic heterocycles. The second-order valence-corrected chi connectivity index (χ2v) is 6.54. The van der Waals surface area contributed by atoms with Gasteiger partial charge in [0.15, 0.2) is 0 Å². The molecule has 1 heterocycles. The van der Waals surface area contributed by atoms with Crippen LogP contribution in [0.25, 0.3) is 22.4 Å². The fourth-order valence-corrected chi connectivity index (χ4v) is 3.19. The van der Waals surface area contributed by atoms with Gasteiger partial charge in [-0.25, -0.2) is 17.9 Å². The number of benzene rings is 2. The molecule has 0 aliphatic carbocycles. The highest BCUT2D eigenvalue weighted by molar-refractivity contribution is 7.89. The molecule has 3 aromatic rings. The highest BCUT2D eigenvalue weighted by atomic mass is 32.2. The van der Waals surface area contributed by atoms with Crippen LogP contribution in [0.4, 0.5) is 4.39 Å². The summed E-state index contributed by atoms with van der Waals surface area (Å²) in [5.74, 6) is -0.00537. The van der Waals surface area contributed by atoms with Crippen molar-refractivity contribution >= 4 is 10.0 Å². The van der Waals surface area contributed by atoms with Gasteiger partial charge >= 0.3 is 0 Å². The summed E-state index contributed by atoms with van der Waals surface area (Å²) < 4.78 is 42.3. The van der Waals surface area contributed by atoms with Gasteiger partial charge < -0.3 is 4.52 Å². The summed E-state index contributed by atoms with van der Waals surface area (Å²) in [6.07, 6.45) is 0. The fourth-order valence-electron chi connectivity index (χ4n) is 2.44. The number of primary sulfonamides is 1. The maximum atomic E-state index is 13.5. The zero-order chi connectivity index (χ0) is 16.6. The van der Waals surface area contributed by atoms with E-state index in [-0.39, 0.29) is 4.90 Å². The average Bonchev–Trinajstić information content (AvgIpc) is 2.88. The number of aromatic nitrogens is 1. The second-order valence-electron chi connectivity index (χ2n) is 5.01. The minimum atomic E-state index is -3.93. The Morgan fingerprint density at radius 3 is 2.57 bits per heavy atom. The minimum Gasteiger partial charge on any atom is -0.360 e. The number of sulfonamides is 1. The monoisotopic (exact) mass is 332 g/mol. The lowest BCUT2D eigenvalue weighted by molar-refractivity contribution is 0.400. The van der Waals surface area contributed by atoms with E-state index in [2.05, 4.69) is 5.16 Å². The molecule has 0 saturated heterocycles. The molecule has 0 aliphatic rings. The van der Waals surface area contributed by atoms with Crippen LogP contribution in [0, 0.1) is 12.7 Å². The highest BCUT2D eigenvalue weighted by Crippen LogP contribution is 2.37. The lowest BCUT2D eigenvalue weighted by atomic mass is 9.99. The van der Waals surface area contributed by atoms with Crippen LogP contribution < -0.4 is 5.14 Å². The summed E-state index contributed by atoms with van der Waals surface area (Å²) >= 11 is 0. The lowest BCUT2D eigenvalue weighted by Gasteiger charge is -2.08. The quantitative estimate of drug-likeness (QED) is 0.798. The van der Waals surface area contributed by atoms with Crippen molar-refractivity contribution in [3.05, 3.63) is 60.1 Å². The molecule has 0 atom stereocenters. The van der Waals surface area contributed by atoms with Crippen molar-refractivity contribution in [2.45, 2.75) is 11.8 Å². The standard InChI is InChI=1S/C16H13FN2O3S/c1-10-15(13-7-2-3-8-14(13)23(18,20)21)16(19-22-10)11-5-4-6-12(17)9-11/h2-9H,1H3,(H2,18,20,21). The van der Waals surface area contributed by atoms with Gasteiger partial charge in [-0.2, -0.15) is 0 Å². The van der Waals surface area contributed by atoms with E-state index in [4.69, 9.17) is 9.66 Å². The molecule has 5 nitrogen and oxygen atoms in total. The Morgan fingerprint density at radius 2 is 1.87 bits per heavy atom. The van der Waals surface area contributed by atoms with Crippen LogP contribution in [0.2, 0.25) is 0 Å². The summed E-state index contributed by atoms with van der Waals surface area (Å²) in [5, 5.41) is 9.24. The van der Waals surface area contributed by atoms with E-state index in [1.54, 1.807) is 37.3 Å². The second kappa shape index (κ2) is 5.60. The molecule has 3 rings (SSSR count). The number of hydrogen-bond donors (Lipinski definition) is 1. The zero-order valence-corrected chi connectivity index (χ0v) is 13.0. The Hall–Kier alpha value is -2.51. The number of aryl methyl sites for hydroxylation is 1. The number of halogens is 1. The normalized spacial score (nSPS) is 11.6. The Bertz CT molecular complexity index is 980. The van der Waals surface area contributed by atoms with Crippen molar-refractivity contribution in [3.8, 4) is 22.4 Å². The van der Waals surface area contributed by atoms with Gasteiger partial charge in [0.05, 0.1) is 10.5 Å². The number of nitrogens with two attached hydrogens (primary N) is 1. The van der Waals surface area contributed by atoms with E-state index in [9.17, 15) is 12.8 Å². The topological polar surface area (TPSA) is 86.2 Å². The predicted molar refractivity (Wildman–Crippen MR) is 83.4 cm³/mol. The molecule has 1 aromatic heterocycles. The van der Waals surface area contributed by atoms with Gasteiger partial charge in [-0.3, -0.25) is 0 Å². The Kier molecular flexibility index (Phi) is 3.75. The smallest absolute Gasteiger partial charge is 0.238 e. The van der Waals surface area contributed by atoms with E-state index in [0.29, 0.717) is 28.1 Å². The van der Waals surface area contributed by atoms with Gasteiger partial charge in [0.1, 0.15) is 17.3 Å². The summed E-state index contributed by atoms with van der Waals surface area (Å²) in [7, 11) is -3.93. The van der Waals surface area contributed by atoms with Gasteiger partial charge in [-0.05, 0) is 25.1 Å². The molecule has 0 fully saturated rings.